The SMILES string of the molecule is CN(C(=O)c1cccc2c1CCNC2)c1cccc(F)c1. The Morgan fingerprint density at radius 1 is 1.24 bits per heavy atom. The molecule has 1 aliphatic rings. The summed E-state index contributed by atoms with van der Waals surface area (Å²) in [6, 6.07) is 11.9. The lowest BCUT2D eigenvalue weighted by molar-refractivity contribution is 0.0992. The van der Waals surface area contributed by atoms with Crippen molar-refractivity contribution >= 4 is 11.6 Å². The van der Waals surface area contributed by atoms with Gasteiger partial charge in [-0.1, -0.05) is 18.2 Å². The highest BCUT2D eigenvalue weighted by Gasteiger charge is 2.20. The highest BCUT2D eigenvalue weighted by Crippen LogP contribution is 2.22. The number of nitrogens with one attached hydrogen (secondary N) is 1. The molecule has 2 aromatic rings. The molecule has 0 radical (unpaired) electrons. The van der Waals surface area contributed by atoms with E-state index >= 15 is 0 Å². The van der Waals surface area contributed by atoms with Crippen LogP contribution in [0.3, 0.4) is 0 Å². The topological polar surface area (TPSA) is 32.3 Å². The summed E-state index contributed by atoms with van der Waals surface area (Å²) in [7, 11) is 1.68. The Balaban J connectivity index is 1.95. The minimum Gasteiger partial charge on any atom is -0.312 e. The number of rotatable bonds is 2. The van der Waals surface area contributed by atoms with Gasteiger partial charge in [-0.25, -0.2) is 4.39 Å². The Morgan fingerprint density at radius 3 is 2.86 bits per heavy atom. The summed E-state index contributed by atoms with van der Waals surface area (Å²) >= 11 is 0. The van der Waals surface area contributed by atoms with Gasteiger partial charge in [0.25, 0.3) is 5.91 Å². The second kappa shape index (κ2) is 5.66. The maximum atomic E-state index is 13.3. The first-order chi connectivity index (χ1) is 10.2. The molecule has 1 heterocycles. The fourth-order valence-electron chi connectivity index (χ4n) is 2.71. The predicted molar refractivity (Wildman–Crippen MR) is 81.0 cm³/mol. The van der Waals surface area contributed by atoms with E-state index in [0.717, 1.165) is 25.1 Å². The van der Waals surface area contributed by atoms with Crippen LogP contribution in [0.15, 0.2) is 42.5 Å². The van der Waals surface area contributed by atoms with Gasteiger partial charge < -0.3 is 10.2 Å². The molecule has 0 aromatic heterocycles. The Morgan fingerprint density at radius 2 is 2.05 bits per heavy atom. The standard InChI is InChI=1S/C17H17FN2O/c1-20(14-6-3-5-13(18)10-14)17(21)16-7-2-4-12-11-19-9-8-15(12)16/h2-7,10,19H,8-9,11H2,1H3. The summed E-state index contributed by atoms with van der Waals surface area (Å²) in [5, 5.41) is 3.30. The molecule has 0 spiro atoms. The number of benzene rings is 2. The van der Waals surface area contributed by atoms with E-state index in [0.29, 0.717) is 11.3 Å². The van der Waals surface area contributed by atoms with E-state index in [4.69, 9.17) is 0 Å². The van der Waals surface area contributed by atoms with Gasteiger partial charge in [-0.15, -0.1) is 0 Å². The van der Waals surface area contributed by atoms with Gasteiger partial charge in [-0.05, 0) is 48.4 Å². The van der Waals surface area contributed by atoms with Gasteiger partial charge in [0.2, 0.25) is 0 Å². The molecule has 21 heavy (non-hydrogen) atoms. The van der Waals surface area contributed by atoms with Crippen molar-refractivity contribution in [1.29, 1.82) is 0 Å². The zero-order valence-corrected chi connectivity index (χ0v) is 11.9. The molecule has 4 heteroatoms. The summed E-state index contributed by atoms with van der Waals surface area (Å²) in [4.78, 5) is 14.2. The van der Waals surface area contributed by atoms with Crippen molar-refractivity contribution in [3.63, 3.8) is 0 Å². The van der Waals surface area contributed by atoms with E-state index in [-0.39, 0.29) is 11.7 Å². The molecule has 0 unspecified atom stereocenters. The third kappa shape index (κ3) is 2.67. The number of amides is 1. The summed E-state index contributed by atoms with van der Waals surface area (Å²) in [5.41, 5.74) is 3.54. The monoisotopic (exact) mass is 284 g/mol. The number of nitrogens with zero attached hydrogens (tertiary/aromatic N) is 1. The van der Waals surface area contributed by atoms with Crippen LogP contribution in [0.2, 0.25) is 0 Å². The van der Waals surface area contributed by atoms with Crippen LogP contribution in [-0.2, 0) is 13.0 Å². The van der Waals surface area contributed by atoms with Crippen LogP contribution in [0.1, 0.15) is 21.5 Å². The number of carbonyl (C=O) groups is 1. The first-order valence-electron chi connectivity index (χ1n) is 7.02. The van der Waals surface area contributed by atoms with E-state index in [1.54, 1.807) is 19.2 Å². The fourth-order valence-corrected chi connectivity index (χ4v) is 2.71. The highest BCUT2D eigenvalue weighted by molar-refractivity contribution is 6.06. The molecular formula is C17H17FN2O. The Labute approximate surface area is 123 Å². The average Bonchev–Trinajstić information content (AvgIpc) is 2.53. The number of hydrogen-bond donors (Lipinski definition) is 1. The van der Waals surface area contributed by atoms with E-state index < -0.39 is 0 Å². The van der Waals surface area contributed by atoms with Gasteiger partial charge in [-0.3, -0.25) is 4.79 Å². The number of halogens is 1. The summed E-state index contributed by atoms with van der Waals surface area (Å²) in [6.45, 7) is 1.67. The van der Waals surface area contributed by atoms with E-state index in [1.165, 1.54) is 22.6 Å². The Bertz CT molecular complexity index is 684. The van der Waals surface area contributed by atoms with Crippen LogP contribution in [0.4, 0.5) is 10.1 Å². The molecule has 3 rings (SSSR count). The van der Waals surface area contributed by atoms with Crippen molar-refractivity contribution < 1.29 is 9.18 Å². The van der Waals surface area contributed by atoms with Crippen molar-refractivity contribution in [2.24, 2.45) is 0 Å². The Hall–Kier alpha value is -2.20. The van der Waals surface area contributed by atoms with Crippen molar-refractivity contribution in [3.8, 4) is 0 Å². The molecule has 0 fully saturated rings. The van der Waals surface area contributed by atoms with Crippen molar-refractivity contribution in [3.05, 3.63) is 65.0 Å². The normalized spacial score (nSPS) is 13.6. The predicted octanol–water partition coefficient (Wildman–Crippen LogP) is 2.75. The maximum absolute atomic E-state index is 13.3. The molecule has 108 valence electrons. The first-order valence-corrected chi connectivity index (χ1v) is 7.02. The lowest BCUT2D eigenvalue weighted by Crippen LogP contribution is -2.30. The van der Waals surface area contributed by atoms with Crippen LogP contribution in [-0.4, -0.2) is 19.5 Å². The zero-order valence-electron chi connectivity index (χ0n) is 11.9. The minimum absolute atomic E-state index is 0.0978. The highest BCUT2D eigenvalue weighted by atomic mass is 19.1. The molecule has 0 saturated heterocycles. The average molecular weight is 284 g/mol. The van der Waals surface area contributed by atoms with E-state index in [1.807, 2.05) is 18.2 Å². The summed E-state index contributed by atoms with van der Waals surface area (Å²) in [5.74, 6) is -0.439. The quantitative estimate of drug-likeness (QED) is 0.919. The van der Waals surface area contributed by atoms with Crippen molar-refractivity contribution in [2.45, 2.75) is 13.0 Å². The molecule has 3 nitrogen and oxygen atoms in total. The van der Waals surface area contributed by atoms with Crippen LogP contribution in [0, 0.1) is 5.82 Å². The fraction of sp³-hybridized carbons (Fsp3) is 0.235. The third-order valence-electron chi connectivity index (χ3n) is 3.87. The lowest BCUT2D eigenvalue weighted by atomic mass is 9.95. The van der Waals surface area contributed by atoms with Crippen LogP contribution in [0.5, 0.6) is 0 Å². The van der Waals surface area contributed by atoms with Gasteiger partial charge in [0.05, 0.1) is 0 Å². The number of anilines is 1. The third-order valence-corrected chi connectivity index (χ3v) is 3.87. The molecule has 1 N–H and O–H groups in total. The van der Waals surface area contributed by atoms with E-state index in [9.17, 15) is 9.18 Å². The second-order valence-corrected chi connectivity index (χ2v) is 5.21. The van der Waals surface area contributed by atoms with Crippen molar-refractivity contribution in [2.75, 3.05) is 18.5 Å². The van der Waals surface area contributed by atoms with E-state index in [2.05, 4.69) is 5.32 Å². The van der Waals surface area contributed by atoms with Crippen LogP contribution in [0.25, 0.3) is 0 Å². The van der Waals surface area contributed by atoms with Crippen LogP contribution < -0.4 is 10.2 Å². The molecule has 0 saturated carbocycles. The summed E-state index contributed by atoms with van der Waals surface area (Å²) in [6.07, 6.45) is 0.842. The van der Waals surface area contributed by atoms with Gasteiger partial charge in [-0.2, -0.15) is 0 Å². The van der Waals surface area contributed by atoms with Crippen molar-refractivity contribution in [1.82, 2.24) is 5.32 Å². The molecule has 0 bridgehead atoms. The number of fused-ring (bicyclic) bond motifs is 1. The van der Waals surface area contributed by atoms with Gasteiger partial charge in [0.15, 0.2) is 0 Å². The smallest absolute Gasteiger partial charge is 0.258 e. The van der Waals surface area contributed by atoms with Gasteiger partial charge >= 0.3 is 0 Å². The second-order valence-electron chi connectivity index (χ2n) is 5.21. The number of hydrogen-bond acceptors (Lipinski definition) is 2. The minimum atomic E-state index is -0.341. The Kier molecular flexibility index (Phi) is 3.71. The van der Waals surface area contributed by atoms with Crippen LogP contribution >= 0.6 is 0 Å². The van der Waals surface area contributed by atoms with Gasteiger partial charge in [0.1, 0.15) is 5.82 Å². The maximum Gasteiger partial charge on any atom is 0.258 e. The molecule has 0 aliphatic carbocycles. The molecule has 0 atom stereocenters. The largest absolute Gasteiger partial charge is 0.312 e. The molecule has 1 aliphatic heterocycles. The number of carbonyl (C=O) groups excluding carboxylic acids is 1. The zero-order chi connectivity index (χ0) is 14.8. The molecule has 2 aromatic carbocycles. The van der Waals surface area contributed by atoms with Gasteiger partial charge in [0, 0.05) is 24.8 Å². The molecular weight excluding hydrogens is 267 g/mol. The molecule has 1 amide bonds. The summed E-state index contributed by atoms with van der Waals surface area (Å²) < 4.78 is 13.3. The lowest BCUT2D eigenvalue weighted by Gasteiger charge is -2.23. The first kappa shape index (κ1) is 13.8.